The van der Waals surface area contributed by atoms with E-state index in [4.69, 9.17) is 4.18 Å². The Morgan fingerprint density at radius 1 is 1.04 bits per heavy atom. The smallest absolute Gasteiger partial charge is 0.726 e. The third-order valence-electron chi connectivity index (χ3n) is 8.58. The second-order valence-corrected chi connectivity index (χ2v) is 10.5. The first-order valence-corrected chi connectivity index (χ1v) is 11.1. The summed E-state index contributed by atoms with van der Waals surface area (Å²) in [6.07, 6.45) is 7.94. The molecule has 0 spiro atoms. The van der Waals surface area contributed by atoms with E-state index in [1.807, 2.05) is 0 Å². The fraction of sp³-hybridized carbons (Fsp3) is 0.947. The summed E-state index contributed by atoms with van der Waals surface area (Å²) in [6.45, 7) is 4.57. The summed E-state index contributed by atoms with van der Waals surface area (Å²) >= 11 is 0. The molecular formula is C19H29KO5S. The second-order valence-electron chi connectivity index (χ2n) is 9.48. The summed E-state index contributed by atoms with van der Waals surface area (Å²) < 4.78 is 37.6. The fourth-order valence-corrected chi connectivity index (χ4v) is 7.75. The van der Waals surface area contributed by atoms with Gasteiger partial charge in [-0.05, 0) is 80.5 Å². The quantitative estimate of drug-likeness (QED) is 0.376. The SMILES string of the molecule is C[C@]12CC[C@@H](OS(=O)(=O)[O-])C[C@H]1CC[C@@H]1[C@@H]2CC[C@]2(C)C(=O)CC[C@@H]12.[K+]. The average molecular weight is 409 g/mol. The van der Waals surface area contributed by atoms with Crippen LogP contribution in [0.1, 0.15) is 71.6 Å². The fourth-order valence-electron chi connectivity index (χ4n) is 7.24. The maximum absolute atomic E-state index is 12.4. The molecule has 4 aliphatic rings. The van der Waals surface area contributed by atoms with Crippen LogP contribution in [0.25, 0.3) is 0 Å². The largest absolute Gasteiger partial charge is 1.00 e. The van der Waals surface area contributed by atoms with Crippen LogP contribution in [0.3, 0.4) is 0 Å². The predicted octanol–water partition coefficient (Wildman–Crippen LogP) is 0.448. The molecule has 4 aliphatic carbocycles. The van der Waals surface area contributed by atoms with Crippen LogP contribution >= 0.6 is 0 Å². The first-order chi connectivity index (χ1) is 11.6. The molecule has 4 saturated carbocycles. The number of hydrogen-bond acceptors (Lipinski definition) is 5. The molecule has 7 heteroatoms. The van der Waals surface area contributed by atoms with Gasteiger partial charge in [-0.15, -0.1) is 0 Å². The number of Topliss-reactive ketones (excluding diaryl/α,β-unsaturated/α-hetero) is 1. The van der Waals surface area contributed by atoms with Gasteiger partial charge in [0.05, 0.1) is 6.10 Å². The number of rotatable bonds is 2. The van der Waals surface area contributed by atoms with Crippen molar-refractivity contribution < 1.29 is 73.3 Å². The minimum absolute atomic E-state index is 0. The zero-order chi connectivity index (χ0) is 18.0. The molecule has 5 nitrogen and oxygen atoms in total. The van der Waals surface area contributed by atoms with Crippen LogP contribution in [0, 0.1) is 34.5 Å². The monoisotopic (exact) mass is 408 g/mol. The van der Waals surface area contributed by atoms with Gasteiger partial charge in [0.2, 0.25) is 10.4 Å². The normalized spacial score (nSPS) is 48.1. The van der Waals surface area contributed by atoms with Crippen LogP contribution in [0.5, 0.6) is 0 Å². The molecule has 0 N–H and O–H groups in total. The number of carbonyl (C=O) groups excluding carboxylic acids is 1. The van der Waals surface area contributed by atoms with Crippen LogP contribution in [0.15, 0.2) is 0 Å². The minimum Gasteiger partial charge on any atom is -0.726 e. The van der Waals surface area contributed by atoms with E-state index < -0.39 is 16.5 Å². The van der Waals surface area contributed by atoms with Gasteiger partial charge in [-0.2, -0.15) is 0 Å². The van der Waals surface area contributed by atoms with Gasteiger partial charge in [0.1, 0.15) is 5.78 Å². The molecule has 0 aromatic carbocycles. The molecule has 142 valence electrons. The van der Waals surface area contributed by atoms with Crippen molar-refractivity contribution in [1.29, 1.82) is 0 Å². The predicted molar refractivity (Wildman–Crippen MR) is 91.3 cm³/mol. The Morgan fingerprint density at radius 2 is 1.77 bits per heavy atom. The minimum atomic E-state index is -4.62. The van der Waals surface area contributed by atoms with Crippen LogP contribution in [-0.2, 0) is 19.4 Å². The molecule has 0 aromatic rings. The summed E-state index contributed by atoms with van der Waals surface area (Å²) in [5.41, 5.74) is 0.101. The van der Waals surface area contributed by atoms with Gasteiger partial charge in [-0.25, -0.2) is 8.42 Å². The Balaban J connectivity index is 0.00000196. The van der Waals surface area contributed by atoms with E-state index in [-0.39, 0.29) is 62.2 Å². The van der Waals surface area contributed by atoms with Crippen LogP contribution in [0.2, 0.25) is 0 Å². The summed E-state index contributed by atoms with van der Waals surface area (Å²) in [6, 6.07) is 0. The first-order valence-electron chi connectivity index (χ1n) is 9.81. The van der Waals surface area contributed by atoms with Crippen molar-refractivity contribution in [2.75, 3.05) is 0 Å². The van der Waals surface area contributed by atoms with E-state index in [1.165, 1.54) is 0 Å². The number of fused-ring (bicyclic) bond motifs is 5. The standard InChI is InChI=1S/C19H30O5S.K/c1-18-9-7-13(24-25(21,22)23)11-12(18)3-4-14-15-5-6-17(20)19(15,2)10-8-16(14)18;/h12-16H,3-11H2,1-2H3,(H,21,22,23);/q;+1/p-1/t12-,13-,14+,15+,16+,18+,19+;/m1./s1. The van der Waals surface area contributed by atoms with E-state index >= 15 is 0 Å². The van der Waals surface area contributed by atoms with Crippen molar-refractivity contribution >= 4 is 16.2 Å². The van der Waals surface area contributed by atoms with Crippen LogP contribution < -0.4 is 51.4 Å². The van der Waals surface area contributed by atoms with Crippen molar-refractivity contribution in [2.24, 2.45) is 34.5 Å². The van der Waals surface area contributed by atoms with E-state index in [9.17, 15) is 17.8 Å². The van der Waals surface area contributed by atoms with Gasteiger partial charge in [0.15, 0.2) is 0 Å². The van der Waals surface area contributed by atoms with Crippen molar-refractivity contribution in [3.05, 3.63) is 0 Å². The van der Waals surface area contributed by atoms with Gasteiger partial charge in [0.25, 0.3) is 0 Å². The molecule has 0 bridgehead atoms. The Bertz CT molecular complexity index is 679. The number of ketones is 1. The molecule has 0 amide bonds. The van der Waals surface area contributed by atoms with Gasteiger partial charge in [0, 0.05) is 11.8 Å². The molecular weight excluding hydrogens is 379 g/mol. The van der Waals surface area contributed by atoms with Crippen molar-refractivity contribution in [3.63, 3.8) is 0 Å². The van der Waals surface area contributed by atoms with Gasteiger partial charge in [-0.3, -0.25) is 8.98 Å². The first kappa shape index (κ1) is 21.9. The molecule has 0 saturated heterocycles. The Morgan fingerprint density at radius 3 is 2.46 bits per heavy atom. The maximum Gasteiger partial charge on any atom is 1.00 e. The molecule has 0 aliphatic heterocycles. The topological polar surface area (TPSA) is 83.5 Å². The Labute approximate surface area is 199 Å². The molecule has 4 rings (SSSR count). The number of carbonyl (C=O) groups is 1. The summed E-state index contributed by atoms with van der Waals surface area (Å²) in [4.78, 5) is 12.4. The zero-order valence-electron chi connectivity index (χ0n) is 16.2. The number of hydrogen-bond donors (Lipinski definition) is 0. The molecule has 26 heavy (non-hydrogen) atoms. The second kappa shape index (κ2) is 7.45. The van der Waals surface area contributed by atoms with Gasteiger partial charge < -0.3 is 4.55 Å². The van der Waals surface area contributed by atoms with Crippen LogP contribution in [-0.4, -0.2) is 24.9 Å². The third-order valence-corrected chi connectivity index (χ3v) is 9.09. The third kappa shape index (κ3) is 3.57. The molecule has 0 heterocycles. The van der Waals surface area contributed by atoms with Crippen molar-refractivity contribution in [3.8, 4) is 0 Å². The van der Waals surface area contributed by atoms with Crippen molar-refractivity contribution in [2.45, 2.75) is 77.7 Å². The Hall–Kier alpha value is 1.18. The van der Waals surface area contributed by atoms with Gasteiger partial charge >= 0.3 is 51.4 Å². The molecule has 0 radical (unpaired) electrons. The van der Waals surface area contributed by atoms with E-state index in [0.717, 1.165) is 44.9 Å². The Kier molecular flexibility index (Phi) is 6.27. The van der Waals surface area contributed by atoms with E-state index in [0.29, 0.717) is 42.3 Å². The van der Waals surface area contributed by atoms with Gasteiger partial charge in [-0.1, -0.05) is 13.8 Å². The molecule has 4 fully saturated rings. The molecule has 0 aromatic heterocycles. The average Bonchev–Trinajstić information content (AvgIpc) is 2.82. The molecule has 0 unspecified atom stereocenters. The summed E-state index contributed by atoms with van der Waals surface area (Å²) in [5.74, 6) is 2.69. The summed E-state index contributed by atoms with van der Waals surface area (Å²) in [5, 5.41) is 0. The summed E-state index contributed by atoms with van der Waals surface area (Å²) in [7, 11) is -4.62. The van der Waals surface area contributed by atoms with E-state index in [2.05, 4.69) is 13.8 Å². The van der Waals surface area contributed by atoms with Crippen LogP contribution in [0.4, 0.5) is 0 Å². The zero-order valence-corrected chi connectivity index (χ0v) is 20.1. The maximum atomic E-state index is 12.4. The van der Waals surface area contributed by atoms with E-state index in [1.54, 1.807) is 0 Å². The van der Waals surface area contributed by atoms with Crippen molar-refractivity contribution in [1.82, 2.24) is 0 Å². The molecule has 7 atom stereocenters.